The second-order valence-electron chi connectivity index (χ2n) is 7.21. The molecule has 0 bridgehead atoms. The number of hydrogen-bond acceptors (Lipinski definition) is 9. The van der Waals surface area contributed by atoms with Gasteiger partial charge in [-0.15, -0.1) is 0 Å². The number of carbonyl (C=O) groups excluding carboxylic acids is 3. The summed E-state index contributed by atoms with van der Waals surface area (Å²) in [6, 6.07) is 9.00. The molecule has 2 aromatic heterocycles. The molecule has 178 valence electrons. The predicted octanol–water partition coefficient (Wildman–Crippen LogP) is 3.06. The van der Waals surface area contributed by atoms with E-state index in [1.165, 1.54) is 26.5 Å². The number of nitrogens with zero attached hydrogens (tertiary/aromatic N) is 4. The summed E-state index contributed by atoms with van der Waals surface area (Å²) in [7, 11) is 2.48. The number of allylic oxidation sites excluding steroid dienone is 2. The van der Waals surface area contributed by atoms with Gasteiger partial charge in [-0.2, -0.15) is 5.10 Å². The summed E-state index contributed by atoms with van der Waals surface area (Å²) >= 11 is 0. The third kappa shape index (κ3) is 4.41. The molecule has 0 radical (unpaired) electrons. The van der Waals surface area contributed by atoms with Crippen LogP contribution in [0.4, 0.5) is 5.69 Å². The van der Waals surface area contributed by atoms with E-state index in [0.717, 1.165) is 5.56 Å². The largest absolute Gasteiger partial charge is 0.465 e. The molecule has 3 heterocycles. The van der Waals surface area contributed by atoms with E-state index in [-0.39, 0.29) is 23.4 Å². The first-order valence-electron chi connectivity index (χ1n) is 10.7. The topological polar surface area (TPSA) is 112 Å². The molecule has 0 spiro atoms. The van der Waals surface area contributed by atoms with Crippen LogP contribution in [0.3, 0.4) is 0 Å². The molecular formula is C25H22N4O6. The highest BCUT2D eigenvalue weighted by Crippen LogP contribution is 2.30. The van der Waals surface area contributed by atoms with Crippen molar-refractivity contribution in [1.29, 1.82) is 0 Å². The van der Waals surface area contributed by atoms with Gasteiger partial charge in [0.05, 0.1) is 38.3 Å². The second kappa shape index (κ2) is 10.0. The van der Waals surface area contributed by atoms with E-state index in [1.807, 2.05) is 12.1 Å². The van der Waals surface area contributed by atoms with Crippen LogP contribution in [0.1, 0.15) is 17.3 Å². The Bertz CT molecular complexity index is 1400. The molecule has 0 atom stereocenters. The molecule has 3 aromatic rings. The summed E-state index contributed by atoms with van der Waals surface area (Å²) in [5.41, 5.74) is 2.62. The summed E-state index contributed by atoms with van der Waals surface area (Å²) < 4.78 is 16.5. The van der Waals surface area contributed by atoms with Gasteiger partial charge in [0.2, 0.25) is 0 Å². The van der Waals surface area contributed by atoms with Gasteiger partial charge >= 0.3 is 17.9 Å². The molecule has 4 rings (SSSR count). The van der Waals surface area contributed by atoms with Crippen molar-refractivity contribution in [1.82, 2.24) is 14.6 Å². The van der Waals surface area contributed by atoms with Crippen molar-refractivity contribution >= 4 is 29.2 Å². The van der Waals surface area contributed by atoms with Crippen molar-refractivity contribution in [3.8, 4) is 11.3 Å². The fraction of sp³-hybridized carbons (Fsp3) is 0.160. The summed E-state index contributed by atoms with van der Waals surface area (Å²) in [5, 5.41) is 4.33. The minimum atomic E-state index is -0.704. The van der Waals surface area contributed by atoms with Crippen LogP contribution in [-0.2, 0) is 23.8 Å². The molecule has 0 unspecified atom stereocenters. The number of methoxy groups -OCH3 is 2. The Morgan fingerprint density at radius 3 is 2.54 bits per heavy atom. The Morgan fingerprint density at radius 2 is 1.80 bits per heavy atom. The van der Waals surface area contributed by atoms with E-state index in [9.17, 15) is 14.4 Å². The maximum atomic E-state index is 12.7. The maximum absolute atomic E-state index is 12.7. The molecule has 10 nitrogen and oxygen atoms in total. The first-order chi connectivity index (χ1) is 17.0. The third-order valence-corrected chi connectivity index (χ3v) is 5.21. The van der Waals surface area contributed by atoms with E-state index in [1.54, 1.807) is 59.1 Å². The highest BCUT2D eigenvalue weighted by atomic mass is 16.5. The molecule has 0 saturated carbocycles. The van der Waals surface area contributed by atoms with Crippen molar-refractivity contribution in [2.75, 3.05) is 25.7 Å². The predicted molar refractivity (Wildman–Crippen MR) is 126 cm³/mol. The zero-order valence-electron chi connectivity index (χ0n) is 19.3. The van der Waals surface area contributed by atoms with Crippen LogP contribution in [-0.4, -0.2) is 53.3 Å². The van der Waals surface area contributed by atoms with Crippen LogP contribution >= 0.6 is 0 Å². The molecule has 10 heteroatoms. The van der Waals surface area contributed by atoms with E-state index in [4.69, 9.17) is 14.2 Å². The van der Waals surface area contributed by atoms with Crippen LogP contribution in [0.15, 0.2) is 78.4 Å². The van der Waals surface area contributed by atoms with Crippen LogP contribution in [0, 0.1) is 0 Å². The van der Waals surface area contributed by atoms with Gasteiger partial charge in [-0.3, -0.25) is 0 Å². The molecule has 0 N–H and O–H groups in total. The van der Waals surface area contributed by atoms with Gasteiger partial charge in [-0.25, -0.2) is 23.9 Å². The molecule has 0 fully saturated rings. The van der Waals surface area contributed by atoms with E-state index >= 15 is 0 Å². The Kier molecular flexibility index (Phi) is 6.72. The molecule has 1 aliphatic rings. The number of esters is 3. The SMILES string of the molecule is CCOC(=O)c1cnn2c(-c3cccc(N4C=CC=CC(C(=O)OC)=C4C(=O)OC)c3)ccnc12. The van der Waals surface area contributed by atoms with Gasteiger partial charge in [-0.05, 0) is 37.3 Å². The zero-order chi connectivity index (χ0) is 24.9. The summed E-state index contributed by atoms with van der Waals surface area (Å²) in [5.74, 6) is -1.89. The number of aromatic nitrogens is 3. The quantitative estimate of drug-likeness (QED) is 0.393. The Hall–Kier alpha value is -4.73. The normalized spacial score (nSPS) is 13.1. The molecule has 1 aliphatic heterocycles. The third-order valence-electron chi connectivity index (χ3n) is 5.21. The lowest BCUT2D eigenvalue weighted by molar-refractivity contribution is -0.139. The van der Waals surface area contributed by atoms with Gasteiger partial charge in [0, 0.05) is 23.6 Å². The molecule has 0 saturated heterocycles. The number of benzene rings is 1. The summed E-state index contributed by atoms with van der Waals surface area (Å²) in [6.07, 6.45) is 9.45. The Labute approximate surface area is 200 Å². The first-order valence-corrected chi connectivity index (χ1v) is 10.7. The van der Waals surface area contributed by atoms with Gasteiger partial charge in [0.1, 0.15) is 11.3 Å². The van der Waals surface area contributed by atoms with Crippen molar-refractivity contribution < 1.29 is 28.6 Å². The number of carbonyl (C=O) groups is 3. The van der Waals surface area contributed by atoms with Crippen molar-refractivity contribution in [3.63, 3.8) is 0 Å². The van der Waals surface area contributed by atoms with Crippen LogP contribution < -0.4 is 4.90 Å². The van der Waals surface area contributed by atoms with Crippen molar-refractivity contribution in [2.24, 2.45) is 0 Å². The average molecular weight is 474 g/mol. The van der Waals surface area contributed by atoms with E-state index in [0.29, 0.717) is 17.0 Å². The highest BCUT2D eigenvalue weighted by molar-refractivity contribution is 6.05. The second-order valence-corrected chi connectivity index (χ2v) is 7.21. The van der Waals surface area contributed by atoms with Crippen LogP contribution in [0.2, 0.25) is 0 Å². The number of anilines is 1. The standard InChI is InChI=1S/C25H22N4O6/c1-4-35-24(31)19-15-27-29-20(11-12-26-22(19)29)16-8-7-9-17(14-16)28-13-6-5-10-18(23(30)33-2)21(28)25(32)34-3/h5-15H,4H2,1-3H3. The number of ether oxygens (including phenoxy) is 3. The monoisotopic (exact) mass is 474 g/mol. The average Bonchev–Trinajstić information content (AvgIpc) is 3.20. The highest BCUT2D eigenvalue weighted by Gasteiger charge is 2.27. The lowest BCUT2D eigenvalue weighted by Gasteiger charge is -2.23. The van der Waals surface area contributed by atoms with Crippen molar-refractivity contribution in [2.45, 2.75) is 6.92 Å². The van der Waals surface area contributed by atoms with Crippen molar-refractivity contribution in [3.05, 3.63) is 84.0 Å². The molecule has 35 heavy (non-hydrogen) atoms. The molecular weight excluding hydrogens is 452 g/mol. The lowest BCUT2D eigenvalue weighted by Crippen LogP contribution is -2.27. The van der Waals surface area contributed by atoms with Gasteiger partial charge in [0.15, 0.2) is 5.65 Å². The van der Waals surface area contributed by atoms with Gasteiger partial charge in [0.25, 0.3) is 0 Å². The maximum Gasteiger partial charge on any atom is 0.355 e. The molecule has 0 aliphatic carbocycles. The Morgan fingerprint density at radius 1 is 1.00 bits per heavy atom. The summed E-state index contributed by atoms with van der Waals surface area (Å²) in [6.45, 7) is 1.96. The summed E-state index contributed by atoms with van der Waals surface area (Å²) in [4.78, 5) is 43.3. The van der Waals surface area contributed by atoms with Crippen LogP contribution in [0.25, 0.3) is 16.9 Å². The lowest BCUT2D eigenvalue weighted by atomic mass is 10.1. The number of hydrogen-bond donors (Lipinski definition) is 0. The Balaban J connectivity index is 1.83. The number of rotatable bonds is 6. The first kappa shape index (κ1) is 23.4. The zero-order valence-corrected chi connectivity index (χ0v) is 19.3. The van der Waals surface area contributed by atoms with E-state index in [2.05, 4.69) is 10.1 Å². The van der Waals surface area contributed by atoms with Gasteiger partial charge < -0.3 is 19.1 Å². The minimum Gasteiger partial charge on any atom is -0.465 e. The molecule has 1 aromatic carbocycles. The fourth-order valence-corrected chi connectivity index (χ4v) is 3.64. The fourth-order valence-electron chi connectivity index (χ4n) is 3.64. The van der Waals surface area contributed by atoms with E-state index < -0.39 is 17.9 Å². The van der Waals surface area contributed by atoms with Crippen LogP contribution in [0.5, 0.6) is 0 Å². The number of fused-ring (bicyclic) bond motifs is 1. The van der Waals surface area contributed by atoms with Gasteiger partial charge in [-0.1, -0.05) is 18.2 Å². The molecule has 0 amide bonds. The smallest absolute Gasteiger partial charge is 0.355 e. The minimum absolute atomic E-state index is 0.00469.